The minimum Gasteiger partial charge on any atom is -0.506 e. The maximum atomic E-state index is 13.4. The van der Waals surface area contributed by atoms with Crippen LogP contribution in [0.1, 0.15) is 56.4 Å². The number of nitrogens with zero attached hydrogens (tertiary/aromatic N) is 2. The Hall–Kier alpha value is -3.61. The summed E-state index contributed by atoms with van der Waals surface area (Å²) in [6.07, 6.45) is 10.5. The third-order valence-corrected chi connectivity index (χ3v) is 7.31. The first-order valence-electron chi connectivity index (χ1n) is 12.4. The van der Waals surface area contributed by atoms with Crippen molar-refractivity contribution in [2.45, 2.75) is 52.0 Å². The number of anilines is 1. The molecule has 182 valence electrons. The van der Waals surface area contributed by atoms with Gasteiger partial charge in [0, 0.05) is 23.7 Å². The zero-order valence-corrected chi connectivity index (χ0v) is 20.1. The lowest BCUT2D eigenvalue weighted by atomic mass is 9.78. The van der Waals surface area contributed by atoms with Crippen molar-refractivity contribution in [3.63, 3.8) is 0 Å². The fraction of sp³-hybridized carbons (Fsp3) is 0.357. The Bertz CT molecular complexity index is 1200. The Morgan fingerprint density at radius 2 is 2.09 bits per heavy atom. The second-order valence-electron chi connectivity index (χ2n) is 9.60. The molecule has 0 radical (unpaired) electrons. The third-order valence-electron chi connectivity index (χ3n) is 7.31. The summed E-state index contributed by atoms with van der Waals surface area (Å²) in [5, 5.41) is 14.7. The number of rotatable bonds is 7. The predicted molar refractivity (Wildman–Crippen MR) is 134 cm³/mol. The highest BCUT2D eigenvalue weighted by Crippen LogP contribution is 2.49. The van der Waals surface area contributed by atoms with Crippen molar-refractivity contribution < 1.29 is 14.3 Å². The van der Waals surface area contributed by atoms with Crippen molar-refractivity contribution in [2.75, 3.05) is 5.01 Å². The van der Waals surface area contributed by atoms with Crippen LogP contribution in [0.5, 0.6) is 5.75 Å². The lowest BCUT2D eigenvalue weighted by molar-refractivity contribution is 0.0924. The summed E-state index contributed by atoms with van der Waals surface area (Å²) in [5.74, 6) is 0.276. The molecule has 1 amide bonds. The third kappa shape index (κ3) is 4.55. The van der Waals surface area contributed by atoms with Crippen LogP contribution in [0.25, 0.3) is 0 Å². The Labute approximate surface area is 205 Å². The number of halogens is 1. The smallest absolute Gasteiger partial charge is 0.270 e. The van der Waals surface area contributed by atoms with Crippen molar-refractivity contribution in [1.29, 1.82) is 0 Å². The molecule has 1 aliphatic heterocycles. The maximum Gasteiger partial charge on any atom is 0.270 e. The SMILES string of the molecule is CCCC(C[C@H]1CCC2=C1[C@@H](C)C1=CNN(c3ccc(F)cc3)C1=C2)NC(=O)c1ccc(O)cn1. The lowest BCUT2D eigenvalue weighted by Gasteiger charge is -2.31. The van der Waals surface area contributed by atoms with Gasteiger partial charge < -0.3 is 15.8 Å². The normalized spacial score (nSPS) is 21.6. The number of carbonyl (C=O) groups is 1. The zero-order chi connectivity index (χ0) is 24.5. The molecule has 1 aromatic carbocycles. The van der Waals surface area contributed by atoms with Crippen LogP contribution in [0.4, 0.5) is 10.1 Å². The minimum absolute atomic E-state index is 0.0458. The monoisotopic (exact) mass is 474 g/mol. The quantitative estimate of drug-likeness (QED) is 0.503. The molecule has 2 aliphatic carbocycles. The summed E-state index contributed by atoms with van der Waals surface area (Å²) in [6, 6.07) is 9.62. The van der Waals surface area contributed by atoms with Crippen LogP contribution in [0, 0.1) is 17.7 Å². The molecular formula is C28H31FN4O2. The predicted octanol–water partition coefficient (Wildman–Crippen LogP) is 5.36. The molecule has 0 spiro atoms. The van der Waals surface area contributed by atoms with Crippen molar-refractivity contribution in [3.8, 4) is 5.75 Å². The van der Waals surface area contributed by atoms with Gasteiger partial charge in [-0.15, -0.1) is 0 Å². The first-order chi connectivity index (χ1) is 16.9. The van der Waals surface area contributed by atoms with E-state index in [1.165, 1.54) is 41.1 Å². The topological polar surface area (TPSA) is 77.5 Å². The van der Waals surface area contributed by atoms with Gasteiger partial charge in [-0.1, -0.05) is 25.8 Å². The van der Waals surface area contributed by atoms with Gasteiger partial charge in [-0.25, -0.2) is 9.37 Å². The fourth-order valence-corrected chi connectivity index (χ4v) is 5.68. The number of benzene rings is 1. The number of carbonyl (C=O) groups excluding carboxylic acids is 1. The summed E-state index contributed by atoms with van der Waals surface area (Å²) in [4.78, 5) is 16.8. The molecule has 0 saturated heterocycles. The molecule has 3 aliphatic rings. The molecule has 0 saturated carbocycles. The van der Waals surface area contributed by atoms with Gasteiger partial charge >= 0.3 is 0 Å². The van der Waals surface area contributed by atoms with Gasteiger partial charge in [-0.05, 0) is 79.6 Å². The number of pyridine rings is 1. The van der Waals surface area contributed by atoms with Crippen LogP contribution in [0.3, 0.4) is 0 Å². The average molecular weight is 475 g/mol. The van der Waals surface area contributed by atoms with E-state index in [1.54, 1.807) is 18.2 Å². The highest BCUT2D eigenvalue weighted by Gasteiger charge is 2.38. The van der Waals surface area contributed by atoms with Crippen LogP contribution in [0.2, 0.25) is 0 Å². The lowest BCUT2D eigenvalue weighted by Crippen LogP contribution is -2.37. The highest BCUT2D eigenvalue weighted by atomic mass is 19.1. The average Bonchev–Trinajstić information content (AvgIpc) is 3.45. The van der Waals surface area contributed by atoms with Gasteiger partial charge in [0.15, 0.2) is 0 Å². The second kappa shape index (κ2) is 9.56. The standard InChI is InChI=1S/C28H31FN4O2/c1-3-4-21(32-28(35)25-12-11-23(34)15-30-25)13-18-5-6-19-14-26-24(17(2)27(18)19)16-31-33(26)22-9-7-20(29)8-10-22/h7-12,14-18,21,31,34H,3-6,13H2,1-2H3,(H,32,35)/t17-,18+,21?/m0/s1. The Kier molecular flexibility index (Phi) is 6.32. The van der Waals surface area contributed by atoms with E-state index >= 15 is 0 Å². The van der Waals surface area contributed by atoms with Crippen LogP contribution < -0.4 is 15.8 Å². The van der Waals surface area contributed by atoms with E-state index in [4.69, 9.17) is 0 Å². The van der Waals surface area contributed by atoms with Crippen molar-refractivity contribution in [2.24, 2.45) is 11.8 Å². The Morgan fingerprint density at radius 3 is 2.80 bits per heavy atom. The van der Waals surface area contributed by atoms with Crippen LogP contribution in [-0.4, -0.2) is 22.0 Å². The molecule has 7 heteroatoms. The fourth-order valence-electron chi connectivity index (χ4n) is 5.68. The molecule has 3 N–H and O–H groups in total. The largest absolute Gasteiger partial charge is 0.506 e. The molecule has 6 nitrogen and oxygen atoms in total. The van der Waals surface area contributed by atoms with E-state index in [2.05, 4.69) is 41.9 Å². The number of hydrogen-bond donors (Lipinski definition) is 3. The van der Waals surface area contributed by atoms with Gasteiger partial charge in [0.05, 0.1) is 17.6 Å². The number of amides is 1. The van der Waals surface area contributed by atoms with Crippen LogP contribution in [0.15, 0.2) is 77.3 Å². The minimum atomic E-state index is -0.245. The first-order valence-corrected chi connectivity index (χ1v) is 12.4. The molecule has 5 rings (SSSR count). The van der Waals surface area contributed by atoms with E-state index in [1.807, 2.05) is 5.01 Å². The Morgan fingerprint density at radius 1 is 1.29 bits per heavy atom. The second-order valence-corrected chi connectivity index (χ2v) is 9.60. The summed E-state index contributed by atoms with van der Waals surface area (Å²) < 4.78 is 13.4. The van der Waals surface area contributed by atoms with Crippen molar-refractivity contribution in [3.05, 3.63) is 88.8 Å². The van der Waals surface area contributed by atoms with Crippen molar-refractivity contribution >= 4 is 11.6 Å². The molecule has 1 unspecified atom stereocenters. The number of allylic oxidation sites excluding steroid dienone is 4. The van der Waals surface area contributed by atoms with E-state index in [-0.39, 0.29) is 29.4 Å². The molecule has 0 bridgehead atoms. The van der Waals surface area contributed by atoms with Gasteiger partial charge in [-0.3, -0.25) is 9.80 Å². The van der Waals surface area contributed by atoms with Gasteiger partial charge in [0.1, 0.15) is 17.3 Å². The summed E-state index contributed by atoms with van der Waals surface area (Å²) in [6.45, 7) is 4.39. The molecule has 1 aromatic heterocycles. The number of aromatic hydroxyl groups is 1. The first kappa shape index (κ1) is 23.1. The zero-order valence-electron chi connectivity index (χ0n) is 20.1. The van der Waals surface area contributed by atoms with Gasteiger partial charge in [0.25, 0.3) is 5.91 Å². The summed E-state index contributed by atoms with van der Waals surface area (Å²) >= 11 is 0. The maximum absolute atomic E-state index is 13.4. The number of fused-ring (bicyclic) bond motifs is 1. The summed E-state index contributed by atoms with van der Waals surface area (Å²) in [7, 11) is 0. The van der Waals surface area contributed by atoms with E-state index < -0.39 is 0 Å². The number of hydrogen-bond acceptors (Lipinski definition) is 5. The van der Waals surface area contributed by atoms with E-state index in [0.717, 1.165) is 43.5 Å². The van der Waals surface area contributed by atoms with Gasteiger partial charge in [0.2, 0.25) is 0 Å². The molecule has 35 heavy (non-hydrogen) atoms. The van der Waals surface area contributed by atoms with E-state index in [9.17, 15) is 14.3 Å². The number of hydrazine groups is 1. The van der Waals surface area contributed by atoms with Crippen LogP contribution in [-0.2, 0) is 0 Å². The van der Waals surface area contributed by atoms with Crippen molar-refractivity contribution in [1.82, 2.24) is 15.7 Å². The highest BCUT2D eigenvalue weighted by molar-refractivity contribution is 5.92. The molecule has 0 fully saturated rings. The van der Waals surface area contributed by atoms with Gasteiger partial charge in [-0.2, -0.15) is 0 Å². The molecular weight excluding hydrogens is 443 g/mol. The molecule has 2 heterocycles. The number of nitrogens with one attached hydrogen (secondary N) is 2. The van der Waals surface area contributed by atoms with Crippen LogP contribution >= 0.6 is 0 Å². The molecule has 2 aromatic rings. The number of aromatic nitrogens is 1. The molecule has 3 atom stereocenters. The Balaban J connectivity index is 1.34. The summed E-state index contributed by atoms with van der Waals surface area (Å²) in [5.41, 5.74) is 9.79. The van der Waals surface area contributed by atoms with E-state index in [0.29, 0.717) is 11.6 Å².